The first kappa shape index (κ1) is 21.4. The van der Waals surface area contributed by atoms with Gasteiger partial charge in [-0.25, -0.2) is 4.79 Å². The molecule has 4 rings (SSSR count). The van der Waals surface area contributed by atoms with Gasteiger partial charge in [0.2, 0.25) is 0 Å². The Balaban J connectivity index is 1.55. The fourth-order valence-electron chi connectivity index (χ4n) is 3.97. The number of ether oxygens (including phenoxy) is 1. The predicted molar refractivity (Wildman–Crippen MR) is 128 cm³/mol. The van der Waals surface area contributed by atoms with E-state index in [1.165, 1.54) is 7.11 Å². The van der Waals surface area contributed by atoms with Gasteiger partial charge in [-0.05, 0) is 48.0 Å². The van der Waals surface area contributed by atoms with E-state index in [0.29, 0.717) is 17.7 Å². The number of hydrogen-bond acceptors (Lipinski definition) is 5. The Morgan fingerprint density at radius 3 is 2.28 bits per heavy atom. The van der Waals surface area contributed by atoms with Crippen molar-refractivity contribution in [2.45, 2.75) is 6.54 Å². The van der Waals surface area contributed by atoms with Crippen molar-refractivity contribution < 1.29 is 14.3 Å². The maximum Gasteiger partial charge on any atom is 0.337 e. The number of rotatable bonds is 5. The van der Waals surface area contributed by atoms with Gasteiger partial charge < -0.3 is 19.4 Å². The molecule has 1 heterocycles. The van der Waals surface area contributed by atoms with Gasteiger partial charge in [-0.3, -0.25) is 4.79 Å². The molecular weight excluding hydrogens is 402 g/mol. The maximum absolute atomic E-state index is 13.4. The van der Waals surface area contributed by atoms with Crippen LogP contribution in [0.15, 0.2) is 72.8 Å². The number of carbonyl (C=O) groups is 2. The minimum atomic E-state index is -0.416. The van der Waals surface area contributed by atoms with Crippen LogP contribution in [0, 0.1) is 0 Å². The summed E-state index contributed by atoms with van der Waals surface area (Å²) in [6.45, 7) is 2.01. The standard InChI is InChI=1S/C26H27N3O3/c1-27-15-16-29(24-17-21(26(31)32-3)13-14-23(24)27)25(30)20-11-9-19(10-12-20)18-28(2)22-7-5-4-6-8-22/h4-14,17H,15-16,18H2,1-3H3. The lowest BCUT2D eigenvalue weighted by molar-refractivity contribution is 0.0600. The van der Waals surface area contributed by atoms with Gasteiger partial charge in [0.05, 0.1) is 24.0 Å². The van der Waals surface area contributed by atoms with E-state index in [-0.39, 0.29) is 5.91 Å². The van der Waals surface area contributed by atoms with Crippen LogP contribution in [-0.4, -0.2) is 46.2 Å². The van der Waals surface area contributed by atoms with Crippen LogP contribution in [0.4, 0.5) is 17.1 Å². The van der Waals surface area contributed by atoms with Gasteiger partial charge in [0.1, 0.15) is 0 Å². The number of amides is 1. The molecule has 1 aliphatic heterocycles. The maximum atomic E-state index is 13.4. The van der Waals surface area contributed by atoms with Crippen molar-refractivity contribution in [1.29, 1.82) is 0 Å². The number of likely N-dealkylation sites (N-methyl/N-ethyl adjacent to an activating group) is 1. The zero-order chi connectivity index (χ0) is 22.7. The summed E-state index contributed by atoms with van der Waals surface area (Å²) in [4.78, 5) is 31.4. The third kappa shape index (κ3) is 4.30. The van der Waals surface area contributed by atoms with Crippen molar-refractivity contribution in [2.75, 3.05) is 49.0 Å². The first-order valence-corrected chi connectivity index (χ1v) is 10.6. The molecule has 0 saturated heterocycles. The van der Waals surface area contributed by atoms with Crippen LogP contribution in [0.5, 0.6) is 0 Å². The number of hydrogen-bond donors (Lipinski definition) is 0. The quantitative estimate of drug-likeness (QED) is 0.569. The molecule has 6 nitrogen and oxygen atoms in total. The Morgan fingerprint density at radius 1 is 0.906 bits per heavy atom. The zero-order valence-corrected chi connectivity index (χ0v) is 18.6. The largest absolute Gasteiger partial charge is 0.465 e. The number of para-hydroxylation sites is 1. The van der Waals surface area contributed by atoms with Crippen molar-refractivity contribution in [1.82, 2.24) is 0 Å². The number of fused-ring (bicyclic) bond motifs is 1. The molecule has 32 heavy (non-hydrogen) atoms. The molecule has 0 radical (unpaired) electrons. The SMILES string of the molecule is COC(=O)c1ccc2c(c1)N(C(=O)c1ccc(CN(C)c3ccccc3)cc1)CCN2C. The van der Waals surface area contributed by atoms with Gasteiger partial charge in [0.25, 0.3) is 5.91 Å². The highest BCUT2D eigenvalue weighted by Crippen LogP contribution is 2.34. The number of methoxy groups -OCH3 is 1. The molecule has 3 aromatic carbocycles. The topological polar surface area (TPSA) is 53.1 Å². The van der Waals surface area contributed by atoms with E-state index in [4.69, 9.17) is 4.74 Å². The minimum absolute atomic E-state index is 0.0793. The average Bonchev–Trinajstić information content (AvgIpc) is 2.84. The van der Waals surface area contributed by atoms with Crippen molar-refractivity contribution >= 4 is 28.9 Å². The van der Waals surface area contributed by atoms with Crippen LogP contribution in [0.3, 0.4) is 0 Å². The summed E-state index contributed by atoms with van der Waals surface area (Å²) < 4.78 is 4.85. The Kier molecular flexibility index (Phi) is 6.12. The van der Waals surface area contributed by atoms with Crippen LogP contribution >= 0.6 is 0 Å². The summed E-state index contributed by atoms with van der Waals surface area (Å²) >= 11 is 0. The fraction of sp³-hybridized carbons (Fsp3) is 0.231. The van der Waals surface area contributed by atoms with Crippen molar-refractivity contribution in [3.8, 4) is 0 Å². The van der Waals surface area contributed by atoms with E-state index >= 15 is 0 Å². The highest BCUT2D eigenvalue weighted by Gasteiger charge is 2.27. The molecule has 0 N–H and O–H groups in total. The zero-order valence-electron chi connectivity index (χ0n) is 18.6. The highest BCUT2D eigenvalue weighted by molar-refractivity contribution is 6.09. The monoisotopic (exact) mass is 429 g/mol. The Morgan fingerprint density at radius 2 is 1.59 bits per heavy atom. The van der Waals surface area contributed by atoms with Crippen LogP contribution in [0.1, 0.15) is 26.3 Å². The van der Waals surface area contributed by atoms with Gasteiger partial charge in [-0.15, -0.1) is 0 Å². The predicted octanol–water partition coefficient (Wildman–Crippen LogP) is 4.21. The Bertz CT molecular complexity index is 1110. The van der Waals surface area contributed by atoms with E-state index in [1.54, 1.807) is 17.0 Å². The van der Waals surface area contributed by atoms with Crippen LogP contribution in [-0.2, 0) is 11.3 Å². The normalized spacial score (nSPS) is 12.8. The van der Waals surface area contributed by atoms with E-state index in [9.17, 15) is 9.59 Å². The number of carbonyl (C=O) groups excluding carboxylic acids is 2. The third-order valence-electron chi connectivity index (χ3n) is 5.82. The molecule has 0 unspecified atom stereocenters. The molecule has 0 aromatic heterocycles. The second-order valence-corrected chi connectivity index (χ2v) is 7.96. The number of esters is 1. The first-order chi connectivity index (χ1) is 15.5. The summed E-state index contributed by atoms with van der Waals surface area (Å²) in [5.74, 6) is -0.496. The van der Waals surface area contributed by atoms with E-state index in [1.807, 2.05) is 55.6 Å². The molecule has 1 aliphatic rings. The highest BCUT2D eigenvalue weighted by atomic mass is 16.5. The second kappa shape index (κ2) is 9.14. The summed E-state index contributed by atoms with van der Waals surface area (Å²) in [6.07, 6.45) is 0. The summed E-state index contributed by atoms with van der Waals surface area (Å²) in [5, 5.41) is 0. The lowest BCUT2D eigenvalue weighted by Crippen LogP contribution is -2.42. The fourth-order valence-corrected chi connectivity index (χ4v) is 3.97. The average molecular weight is 430 g/mol. The molecule has 0 spiro atoms. The molecule has 1 amide bonds. The molecule has 0 saturated carbocycles. The molecular formula is C26H27N3O3. The third-order valence-corrected chi connectivity index (χ3v) is 5.82. The van der Waals surface area contributed by atoms with E-state index < -0.39 is 5.97 Å². The summed E-state index contributed by atoms with van der Waals surface area (Å²) in [5.41, 5.74) is 4.95. The summed E-state index contributed by atoms with van der Waals surface area (Å²) in [7, 11) is 5.39. The lowest BCUT2D eigenvalue weighted by Gasteiger charge is -2.36. The summed E-state index contributed by atoms with van der Waals surface area (Å²) in [6, 6.07) is 23.3. The molecule has 6 heteroatoms. The van der Waals surface area contributed by atoms with Crippen LogP contribution in [0.25, 0.3) is 0 Å². The number of benzene rings is 3. The van der Waals surface area contributed by atoms with Gasteiger partial charge in [0, 0.05) is 45.0 Å². The molecule has 0 aliphatic carbocycles. The van der Waals surface area contributed by atoms with Gasteiger partial charge in [-0.1, -0.05) is 30.3 Å². The van der Waals surface area contributed by atoms with Crippen molar-refractivity contribution in [2.24, 2.45) is 0 Å². The van der Waals surface area contributed by atoms with Gasteiger partial charge in [-0.2, -0.15) is 0 Å². The van der Waals surface area contributed by atoms with Crippen LogP contribution in [0.2, 0.25) is 0 Å². The Hall–Kier alpha value is -3.80. The van der Waals surface area contributed by atoms with Gasteiger partial charge in [0.15, 0.2) is 0 Å². The Labute approximate surface area is 188 Å². The van der Waals surface area contributed by atoms with Crippen LogP contribution < -0.4 is 14.7 Å². The lowest BCUT2D eigenvalue weighted by atomic mass is 10.1. The first-order valence-electron chi connectivity index (χ1n) is 10.6. The minimum Gasteiger partial charge on any atom is -0.465 e. The molecule has 0 fully saturated rings. The van der Waals surface area contributed by atoms with Crippen molar-refractivity contribution in [3.63, 3.8) is 0 Å². The molecule has 3 aromatic rings. The number of anilines is 3. The van der Waals surface area contributed by atoms with Crippen molar-refractivity contribution in [3.05, 3.63) is 89.5 Å². The molecule has 0 bridgehead atoms. The van der Waals surface area contributed by atoms with E-state index in [0.717, 1.165) is 35.7 Å². The smallest absolute Gasteiger partial charge is 0.337 e. The molecule has 0 atom stereocenters. The second-order valence-electron chi connectivity index (χ2n) is 7.96. The van der Waals surface area contributed by atoms with E-state index in [2.05, 4.69) is 29.0 Å². The number of nitrogens with zero attached hydrogens (tertiary/aromatic N) is 3. The molecule has 164 valence electrons. The van der Waals surface area contributed by atoms with Gasteiger partial charge >= 0.3 is 5.97 Å².